The molecule has 128 valence electrons. The predicted molar refractivity (Wildman–Crippen MR) is 83.5 cm³/mol. The largest absolute Gasteiger partial charge is 0.416 e. The summed E-state index contributed by atoms with van der Waals surface area (Å²) in [5, 5.41) is 3.16. The highest BCUT2D eigenvalue weighted by atomic mass is 19.4. The Labute approximate surface area is 134 Å². The molecule has 1 fully saturated rings. The second kappa shape index (κ2) is 7.34. The fourth-order valence-electron chi connectivity index (χ4n) is 3.12. The molecule has 0 bridgehead atoms. The lowest BCUT2D eigenvalue weighted by Gasteiger charge is -2.27. The highest BCUT2D eigenvalue weighted by Crippen LogP contribution is 2.38. The molecule has 3 nitrogen and oxygen atoms in total. The lowest BCUT2D eigenvalue weighted by atomic mass is 9.85. The zero-order chi connectivity index (χ0) is 17.0. The number of carbonyl (C=O) groups is 1. The molecular weight excluding hydrogens is 305 g/mol. The number of alkyl halides is 3. The van der Waals surface area contributed by atoms with Crippen LogP contribution in [0, 0.1) is 0 Å². The molecule has 1 N–H and O–H groups in total. The number of rotatable bonds is 4. The van der Waals surface area contributed by atoms with Gasteiger partial charge in [-0.3, -0.25) is 4.79 Å². The summed E-state index contributed by atoms with van der Waals surface area (Å²) in [7, 11) is 0. The third kappa shape index (κ3) is 4.05. The van der Waals surface area contributed by atoms with Crippen molar-refractivity contribution in [3.8, 4) is 0 Å². The molecule has 2 rings (SSSR count). The number of nitrogens with one attached hydrogen (secondary N) is 1. The van der Waals surface area contributed by atoms with Crippen LogP contribution in [0.1, 0.15) is 54.1 Å². The van der Waals surface area contributed by atoms with E-state index in [2.05, 4.69) is 5.32 Å². The van der Waals surface area contributed by atoms with Crippen LogP contribution in [-0.4, -0.2) is 37.0 Å². The zero-order valence-corrected chi connectivity index (χ0v) is 13.5. The molecule has 0 radical (unpaired) electrons. The van der Waals surface area contributed by atoms with Gasteiger partial charge in [-0.2, -0.15) is 13.2 Å². The number of carbonyl (C=O) groups excluding carboxylic acids is 1. The predicted octanol–water partition coefficient (Wildman–Crippen LogP) is 3.65. The van der Waals surface area contributed by atoms with Crippen molar-refractivity contribution in [1.82, 2.24) is 10.2 Å². The van der Waals surface area contributed by atoms with E-state index in [0.29, 0.717) is 44.6 Å². The van der Waals surface area contributed by atoms with Crippen LogP contribution in [0.15, 0.2) is 18.2 Å². The summed E-state index contributed by atoms with van der Waals surface area (Å²) in [6, 6.07) is 3.82. The molecule has 1 aromatic carbocycles. The Morgan fingerprint density at radius 3 is 2.35 bits per heavy atom. The Bertz CT molecular complexity index is 547. The first-order valence-corrected chi connectivity index (χ1v) is 8.09. The molecule has 0 aliphatic carbocycles. The van der Waals surface area contributed by atoms with Crippen molar-refractivity contribution < 1.29 is 18.0 Å². The summed E-state index contributed by atoms with van der Waals surface area (Å²) < 4.78 is 39.9. The van der Waals surface area contributed by atoms with Gasteiger partial charge in [0.2, 0.25) is 0 Å². The van der Waals surface area contributed by atoms with Gasteiger partial charge >= 0.3 is 6.18 Å². The molecule has 1 saturated heterocycles. The maximum absolute atomic E-state index is 13.3. The Morgan fingerprint density at radius 2 is 1.83 bits per heavy atom. The van der Waals surface area contributed by atoms with Crippen LogP contribution in [0.5, 0.6) is 0 Å². The number of hydrogen-bond acceptors (Lipinski definition) is 2. The topological polar surface area (TPSA) is 32.3 Å². The molecule has 0 saturated carbocycles. The first-order chi connectivity index (χ1) is 10.9. The zero-order valence-electron chi connectivity index (χ0n) is 13.5. The van der Waals surface area contributed by atoms with E-state index >= 15 is 0 Å². The van der Waals surface area contributed by atoms with E-state index in [9.17, 15) is 18.0 Å². The van der Waals surface area contributed by atoms with Crippen molar-refractivity contribution in [2.75, 3.05) is 26.2 Å². The summed E-state index contributed by atoms with van der Waals surface area (Å²) >= 11 is 0. The fourth-order valence-corrected chi connectivity index (χ4v) is 3.12. The van der Waals surface area contributed by atoms with E-state index < -0.39 is 11.7 Å². The molecule has 0 atom stereocenters. The normalized spacial score (nSPS) is 16.4. The summed E-state index contributed by atoms with van der Waals surface area (Å²) in [4.78, 5) is 14.1. The Kier molecular flexibility index (Phi) is 5.68. The molecule has 23 heavy (non-hydrogen) atoms. The quantitative estimate of drug-likeness (QED) is 0.915. The van der Waals surface area contributed by atoms with Gasteiger partial charge in [-0.25, -0.2) is 0 Å². The van der Waals surface area contributed by atoms with Crippen molar-refractivity contribution in [3.05, 3.63) is 34.9 Å². The number of nitrogens with zero attached hydrogens (tertiary/aromatic N) is 1. The Hall–Kier alpha value is -1.56. The number of amides is 1. The van der Waals surface area contributed by atoms with Gasteiger partial charge in [0.15, 0.2) is 0 Å². The minimum absolute atomic E-state index is 0.155. The Balaban J connectivity index is 2.42. The van der Waals surface area contributed by atoms with Crippen molar-refractivity contribution in [2.45, 2.75) is 38.8 Å². The van der Waals surface area contributed by atoms with Crippen molar-refractivity contribution in [1.29, 1.82) is 0 Å². The molecule has 0 unspecified atom stereocenters. The van der Waals surface area contributed by atoms with Gasteiger partial charge in [0.05, 0.1) is 5.56 Å². The highest BCUT2D eigenvalue weighted by Gasteiger charge is 2.36. The van der Waals surface area contributed by atoms with Crippen LogP contribution >= 0.6 is 0 Å². The van der Waals surface area contributed by atoms with Crippen molar-refractivity contribution >= 4 is 5.91 Å². The summed E-state index contributed by atoms with van der Waals surface area (Å²) in [6.07, 6.45) is -3.07. The van der Waals surface area contributed by atoms with E-state index in [0.717, 1.165) is 6.07 Å². The number of hydrogen-bond donors (Lipinski definition) is 1. The lowest BCUT2D eigenvalue weighted by molar-refractivity contribution is -0.138. The molecule has 1 aliphatic heterocycles. The Morgan fingerprint density at radius 1 is 1.22 bits per heavy atom. The maximum atomic E-state index is 13.3. The number of benzene rings is 1. The third-order valence-electron chi connectivity index (χ3n) is 4.43. The second-order valence-corrected chi connectivity index (χ2v) is 5.80. The van der Waals surface area contributed by atoms with Gasteiger partial charge in [-0.1, -0.05) is 0 Å². The monoisotopic (exact) mass is 328 g/mol. The van der Waals surface area contributed by atoms with Gasteiger partial charge in [0, 0.05) is 18.7 Å². The van der Waals surface area contributed by atoms with Gasteiger partial charge < -0.3 is 10.2 Å². The van der Waals surface area contributed by atoms with Crippen LogP contribution in [0.25, 0.3) is 0 Å². The van der Waals surface area contributed by atoms with Crippen LogP contribution in [0.2, 0.25) is 0 Å². The molecule has 0 aromatic heterocycles. The fraction of sp³-hybridized carbons (Fsp3) is 0.588. The molecular formula is C17H23F3N2O. The van der Waals surface area contributed by atoms with Gasteiger partial charge in [-0.15, -0.1) is 0 Å². The molecule has 1 heterocycles. The molecule has 1 amide bonds. The number of halogens is 3. The third-order valence-corrected chi connectivity index (χ3v) is 4.43. The molecule has 6 heteroatoms. The van der Waals surface area contributed by atoms with E-state index in [4.69, 9.17) is 0 Å². The first kappa shape index (κ1) is 17.8. The van der Waals surface area contributed by atoms with Gasteiger partial charge in [-0.05, 0) is 69.5 Å². The van der Waals surface area contributed by atoms with E-state index in [1.165, 1.54) is 12.1 Å². The minimum atomic E-state index is -4.39. The van der Waals surface area contributed by atoms with Crippen LogP contribution in [0.4, 0.5) is 13.2 Å². The van der Waals surface area contributed by atoms with E-state index in [-0.39, 0.29) is 17.4 Å². The van der Waals surface area contributed by atoms with Crippen molar-refractivity contribution in [2.24, 2.45) is 0 Å². The second-order valence-electron chi connectivity index (χ2n) is 5.80. The summed E-state index contributed by atoms with van der Waals surface area (Å²) in [6.45, 7) is 6.21. The maximum Gasteiger partial charge on any atom is 0.416 e. The smallest absolute Gasteiger partial charge is 0.339 e. The van der Waals surface area contributed by atoms with Crippen LogP contribution in [0.3, 0.4) is 0 Å². The lowest BCUT2D eigenvalue weighted by Crippen LogP contribution is -2.31. The minimum Gasteiger partial charge on any atom is -0.339 e. The van der Waals surface area contributed by atoms with E-state index in [1.54, 1.807) is 4.90 Å². The highest BCUT2D eigenvalue weighted by molar-refractivity contribution is 5.94. The standard InChI is InChI=1S/C17H23F3N2O/c1-3-22(4-2)16(23)13-5-6-15(17(18,19)20)14(11-13)12-7-9-21-10-8-12/h5-6,11-12,21H,3-4,7-10H2,1-2H3. The average molecular weight is 328 g/mol. The van der Waals surface area contributed by atoms with Crippen LogP contribution in [-0.2, 0) is 6.18 Å². The molecule has 0 spiro atoms. The molecule has 1 aliphatic rings. The molecule has 1 aromatic rings. The van der Waals surface area contributed by atoms with Gasteiger partial charge in [0.25, 0.3) is 5.91 Å². The number of piperidine rings is 1. The average Bonchev–Trinajstić information content (AvgIpc) is 2.55. The van der Waals surface area contributed by atoms with Crippen molar-refractivity contribution in [3.63, 3.8) is 0 Å². The first-order valence-electron chi connectivity index (χ1n) is 8.09. The van der Waals surface area contributed by atoms with E-state index in [1.807, 2.05) is 13.8 Å². The SMILES string of the molecule is CCN(CC)C(=O)c1ccc(C(F)(F)F)c(C2CCNCC2)c1. The summed E-state index contributed by atoms with van der Waals surface area (Å²) in [5.41, 5.74) is -0.00673. The van der Waals surface area contributed by atoms with Gasteiger partial charge in [0.1, 0.15) is 0 Å². The summed E-state index contributed by atoms with van der Waals surface area (Å²) in [5.74, 6) is -0.365. The van der Waals surface area contributed by atoms with Crippen LogP contribution < -0.4 is 5.32 Å².